The zero-order valence-corrected chi connectivity index (χ0v) is 27.4. The number of nitrogens with zero attached hydrogens (tertiary/aromatic N) is 1. The van der Waals surface area contributed by atoms with Crippen molar-refractivity contribution < 1.29 is 39.1 Å². The van der Waals surface area contributed by atoms with Crippen LogP contribution in [0.2, 0.25) is 0 Å². The summed E-state index contributed by atoms with van der Waals surface area (Å²) in [4.78, 5) is 29.3. The van der Waals surface area contributed by atoms with Crippen molar-refractivity contribution in [3.05, 3.63) is 0 Å². The molecule has 0 saturated carbocycles. The quantitative estimate of drug-likeness (QED) is 0.399. The van der Waals surface area contributed by atoms with E-state index in [2.05, 4.69) is 25.7 Å². The first-order valence-electron chi connectivity index (χ1n) is 15.9. The molecule has 240 valence electrons. The lowest BCUT2D eigenvalue weighted by molar-refractivity contribution is -0.260. The predicted molar refractivity (Wildman–Crippen MR) is 158 cm³/mol. The van der Waals surface area contributed by atoms with E-state index in [-0.39, 0.29) is 30.3 Å². The minimum absolute atomic E-state index is 0.00401. The van der Waals surface area contributed by atoms with Crippen molar-refractivity contribution in [3.63, 3.8) is 0 Å². The average Bonchev–Trinajstić information content (AvgIpc) is 2.93. The topological polar surface area (TPSA) is 126 Å². The van der Waals surface area contributed by atoms with Crippen LogP contribution in [-0.4, -0.2) is 93.5 Å². The lowest BCUT2D eigenvalue weighted by atomic mass is 9.75. The minimum atomic E-state index is -1.65. The number of esters is 1. The van der Waals surface area contributed by atoms with E-state index in [1.54, 1.807) is 34.6 Å². The maximum absolute atomic E-state index is 13.6. The Hall–Kier alpha value is -1.10. The van der Waals surface area contributed by atoms with Gasteiger partial charge in [0.2, 0.25) is 0 Å². The first kappa shape index (κ1) is 36.1. The molecule has 14 atom stereocenters. The Bertz CT molecular complexity index is 846. The molecule has 2 fully saturated rings. The molecular weight excluding hydrogens is 526 g/mol. The fourth-order valence-electron chi connectivity index (χ4n) is 7.11. The molecule has 0 aromatic rings. The van der Waals surface area contributed by atoms with Crippen molar-refractivity contribution in [2.45, 2.75) is 144 Å². The average molecular weight is 586 g/mol. The summed E-state index contributed by atoms with van der Waals surface area (Å²) < 4.78 is 18.8. The van der Waals surface area contributed by atoms with Crippen LogP contribution in [0, 0.1) is 35.5 Å². The highest BCUT2D eigenvalue weighted by molar-refractivity contribution is 5.83. The van der Waals surface area contributed by atoms with Crippen LogP contribution in [0.4, 0.5) is 0 Å². The molecule has 2 saturated heterocycles. The second kappa shape index (κ2) is 15.1. The van der Waals surface area contributed by atoms with E-state index in [4.69, 9.17) is 14.2 Å². The Morgan fingerprint density at radius 2 is 1.51 bits per heavy atom. The number of rotatable bonds is 6. The summed E-state index contributed by atoms with van der Waals surface area (Å²) in [6.45, 7) is 22.3. The lowest BCUT2D eigenvalue weighted by Crippen LogP contribution is -2.55. The fourth-order valence-corrected chi connectivity index (χ4v) is 7.11. The number of ether oxygens (including phenoxy) is 3. The highest BCUT2D eigenvalue weighted by Crippen LogP contribution is 2.37. The first-order chi connectivity index (χ1) is 19.0. The van der Waals surface area contributed by atoms with Crippen LogP contribution in [-0.2, 0) is 23.8 Å². The van der Waals surface area contributed by atoms with Crippen LogP contribution >= 0.6 is 0 Å². The summed E-state index contributed by atoms with van der Waals surface area (Å²) in [5.74, 6) is -3.73. The van der Waals surface area contributed by atoms with Crippen molar-refractivity contribution in [3.8, 4) is 0 Å². The maximum Gasteiger partial charge on any atom is 0.311 e. The van der Waals surface area contributed by atoms with Crippen molar-refractivity contribution in [2.75, 3.05) is 13.1 Å². The van der Waals surface area contributed by atoms with E-state index >= 15 is 0 Å². The fraction of sp³-hybridized carbons (Fsp3) is 0.938. The van der Waals surface area contributed by atoms with Crippen LogP contribution in [0.25, 0.3) is 0 Å². The number of carbonyl (C=O) groups excluding carboxylic acids is 2. The zero-order valence-electron chi connectivity index (χ0n) is 27.4. The predicted octanol–water partition coefficient (Wildman–Crippen LogP) is 3.80. The second-order valence-electron chi connectivity index (χ2n) is 13.2. The molecule has 2 rings (SSSR count). The van der Waals surface area contributed by atoms with Crippen molar-refractivity contribution in [2.24, 2.45) is 35.5 Å². The van der Waals surface area contributed by atoms with Gasteiger partial charge in [-0.1, -0.05) is 55.4 Å². The van der Waals surface area contributed by atoms with E-state index in [1.807, 2.05) is 13.8 Å². The van der Waals surface area contributed by atoms with Crippen LogP contribution in [0.15, 0.2) is 0 Å². The van der Waals surface area contributed by atoms with Crippen LogP contribution in [0.5, 0.6) is 0 Å². The normalized spacial score (nSPS) is 45.8. The standard InChI is InChI=1S/C32H59NO8/c1-12-25-19(6)28(35)20(7)27(34)17(4)16-32(11,38)30(36)21(8)29(22(9)31(37)40-25)41-26-15-24(33(13-2)14-3)18(5)23(10)39-26/h17-26,28-30,35-36,38H,12-16H2,1-11H3/t17-,18-,19+,20+,21+,22-,23?,24?,25-,26+,28+,29+,30-,32-/m1/s1. The molecule has 0 aromatic carbocycles. The monoisotopic (exact) mass is 585 g/mol. The molecule has 2 unspecified atom stereocenters. The molecule has 9 nitrogen and oxygen atoms in total. The summed E-state index contributed by atoms with van der Waals surface area (Å²) >= 11 is 0. The van der Waals surface area contributed by atoms with Gasteiger partial charge < -0.3 is 34.4 Å². The van der Waals surface area contributed by atoms with E-state index in [0.29, 0.717) is 12.8 Å². The smallest absolute Gasteiger partial charge is 0.311 e. The van der Waals surface area contributed by atoms with Crippen LogP contribution < -0.4 is 0 Å². The molecule has 2 aliphatic rings. The van der Waals surface area contributed by atoms with Gasteiger partial charge in [0.15, 0.2) is 6.29 Å². The molecular formula is C32H59NO8. The third-order valence-electron chi connectivity index (χ3n) is 10.2. The highest BCUT2D eigenvalue weighted by atomic mass is 16.7. The molecule has 0 spiro atoms. The molecule has 0 bridgehead atoms. The van der Waals surface area contributed by atoms with Gasteiger partial charge in [0, 0.05) is 36.1 Å². The molecule has 0 aliphatic carbocycles. The van der Waals surface area contributed by atoms with Gasteiger partial charge >= 0.3 is 5.97 Å². The first-order valence-corrected chi connectivity index (χ1v) is 15.9. The van der Waals surface area contributed by atoms with Crippen molar-refractivity contribution in [1.29, 1.82) is 0 Å². The van der Waals surface area contributed by atoms with Gasteiger partial charge in [0.05, 0.1) is 35.9 Å². The summed E-state index contributed by atoms with van der Waals surface area (Å²) in [7, 11) is 0. The summed E-state index contributed by atoms with van der Waals surface area (Å²) in [5, 5.41) is 34.0. The molecule has 9 heteroatoms. The van der Waals surface area contributed by atoms with Gasteiger partial charge in [-0.2, -0.15) is 0 Å². The Kier molecular flexibility index (Phi) is 13.3. The summed E-state index contributed by atoms with van der Waals surface area (Å²) in [6, 6.07) is 0.225. The molecule has 0 aromatic heterocycles. The number of aliphatic hydroxyl groups is 3. The molecule has 0 amide bonds. The second-order valence-corrected chi connectivity index (χ2v) is 13.2. The number of aliphatic hydroxyl groups excluding tert-OH is 2. The molecule has 3 N–H and O–H groups in total. The molecule has 2 aliphatic heterocycles. The lowest BCUT2D eigenvalue weighted by Gasteiger charge is -2.46. The van der Waals surface area contributed by atoms with Crippen molar-refractivity contribution >= 4 is 11.8 Å². The van der Waals surface area contributed by atoms with E-state index in [0.717, 1.165) is 13.1 Å². The Morgan fingerprint density at radius 3 is 2.05 bits per heavy atom. The van der Waals surface area contributed by atoms with Gasteiger partial charge in [-0.05, 0) is 52.6 Å². The third kappa shape index (κ3) is 8.30. The van der Waals surface area contributed by atoms with Crippen molar-refractivity contribution in [1.82, 2.24) is 4.90 Å². The van der Waals surface area contributed by atoms with Crippen LogP contribution in [0.1, 0.15) is 95.4 Å². The third-order valence-corrected chi connectivity index (χ3v) is 10.2. The summed E-state index contributed by atoms with van der Waals surface area (Å²) in [5.41, 5.74) is -1.65. The zero-order chi connectivity index (χ0) is 31.4. The summed E-state index contributed by atoms with van der Waals surface area (Å²) in [6.07, 6.45) is -3.39. The number of ketones is 1. The SMILES string of the molecule is CC[C@H]1OC(=O)[C@H](C)[C@@H](O[C@H]2CC(N(CC)CC)[C@H](C)C(C)O2)[C@H](C)[C@@H](O)[C@](C)(O)C[C@@H](C)C(=O)[C@H](C)[C@@H](O)[C@H]1C. The van der Waals surface area contributed by atoms with Gasteiger partial charge in [-0.3, -0.25) is 9.59 Å². The number of carbonyl (C=O) groups is 2. The largest absolute Gasteiger partial charge is 0.462 e. The Balaban J connectivity index is 2.49. The van der Waals surface area contributed by atoms with Gasteiger partial charge in [0.1, 0.15) is 11.9 Å². The number of hydrogen-bond donors (Lipinski definition) is 3. The minimum Gasteiger partial charge on any atom is -0.462 e. The van der Waals surface area contributed by atoms with E-state index < -0.39 is 71.9 Å². The number of cyclic esters (lactones) is 1. The Morgan fingerprint density at radius 1 is 0.927 bits per heavy atom. The molecule has 2 heterocycles. The van der Waals surface area contributed by atoms with Crippen LogP contribution in [0.3, 0.4) is 0 Å². The number of Topliss-reactive ketones (excluding diaryl/α,β-unsaturated/α-hetero) is 1. The number of hydrogen-bond acceptors (Lipinski definition) is 9. The molecule has 41 heavy (non-hydrogen) atoms. The van der Waals surface area contributed by atoms with E-state index in [9.17, 15) is 24.9 Å². The van der Waals surface area contributed by atoms with Gasteiger partial charge in [-0.25, -0.2) is 0 Å². The van der Waals surface area contributed by atoms with Gasteiger partial charge in [-0.15, -0.1) is 0 Å². The van der Waals surface area contributed by atoms with Gasteiger partial charge in [0.25, 0.3) is 0 Å². The molecule has 0 radical (unpaired) electrons. The van der Waals surface area contributed by atoms with E-state index in [1.165, 1.54) is 6.92 Å². The Labute approximate surface area is 248 Å². The maximum atomic E-state index is 13.6. The highest BCUT2D eigenvalue weighted by Gasteiger charge is 2.47.